The van der Waals surface area contributed by atoms with Gasteiger partial charge in [-0.25, -0.2) is 0 Å². The number of nitrogens with one attached hydrogen (secondary N) is 1. The van der Waals surface area contributed by atoms with Crippen LogP contribution in [0.2, 0.25) is 0 Å². The van der Waals surface area contributed by atoms with Gasteiger partial charge in [0.25, 0.3) is 5.91 Å². The summed E-state index contributed by atoms with van der Waals surface area (Å²) in [5.41, 5.74) is 0.457. The number of hydrogen-bond acceptors (Lipinski definition) is 4. The third-order valence-electron chi connectivity index (χ3n) is 3.16. The Labute approximate surface area is 144 Å². The fourth-order valence-corrected chi connectivity index (χ4v) is 2.16. The summed E-state index contributed by atoms with van der Waals surface area (Å²) in [6.45, 7) is 1.56. The molecule has 0 aliphatic heterocycles. The summed E-state index contributed by atoms with van der Waals surface area (Å²) < 4.78 is 40.2. The van der Waals surface area contributed by atoms with Gasteiger partial charge in [-0.05, 0) is 44.2 Å². The first-order valence-corrected chi connectivity index (χ1v) is 7.80. The zero-order valence-electron chi connectivity index (χ0n) is 13.9. The lowest BCUT2D eigenvalue weighted by atomic mass is 10.1. The molecule has 0 saturated carbocycles. The highest BCUT2D eigenvalue weighted by Crippen LogP contribution is 2.30. The van der Waals surface area contributed by atoms with Crippen molar-refractivity contribution in [2.24, 2.45) is 0 Å². The molecule has 0 unspecified atom stereocenters. The van der Waals surface area contributed by atoms with Crippen molar-refractivity contribution in [1.29, 1.82) is 0 Å². The van der Waals surface area contributed by atoms with Gasteiger partial charge < -0.3 is 19.5 Å². The fourth-order valence-electron chi connectivity index (χ4n) is 2.16. The first kappa shape index (κ1) is 18.5. The summed E-state index contributed by atoms with van der Waals surface area (Å²) in [5, 5.41) is 2.56. The van der Waals surface area contributed by atoms with Gasteiger partial charge in [0, 0.05) is 5.56 Å². The molecule has 2 aromatic carbocycles. The number of carbonyl (C=O) groups excluding carboxylic acids is 1. The minimum atomic E-state index is -2.98. The van der Waals surface area contributed by atoms with Crippen molar-refractivity contribution in [3.05, 3.63) is 48.0 Å². The number of rotatable bonds is 8. The number of para-hydroxylation sites is 2. The van der Waals surface area contributed by atoms with Crippen molar-refractivity contribution in [2.75, 3.05) is 18.5 Å². The molecule has 7 heteroatoms. The van der Waals surface area contributed by atoms with Crippen molar-refractivity contribution in [3.63, 3.8) is 0 Å². The summed E-state index contributed by atoms with van der Waals surface area (Å²) in [7, 11) is 0. The Hall–Kier alpha value is -2.83. The van der Waals surface area contributed by atoms with E-state index in [1.165, 1.54) is 18.2 Å². The number of carbonyl (C=O) groups is 1. The Bertz CT molecular complexity index is 722. The minimum absolute atomic E-state index is 0.109. The molecule has 25 heavy (non-hydrogen) atoms. The second kappa shape index (κ2) is 8.86. The SMILES string of the molecule is CCOc1ccc(C(=O)Nc2ccccc2OC(F)F)cc1OCC. The van der Waals surface area contributed by atoms with Gasteiger partial charge in [0.15, 0.2) is 11.5 Å². The van der Waals surface area contributed by atoms with Crippen molar-refractivity contribution < 1.29 is 27.8 Å². The van der Waals surface area contributed by atoms with Gasteiger partial charge in [-0.15, -0.1) is 0 Å². The van der Waals surface area contributed by atoms with Crippen LogP contribution in [-0.2, 0) is 0 Å². The van der Waals surface area contributed by atoms with Gasteiger partial charge in [-0.3, -0.25) is 4.79 Å². The third-order valence-corrected chi connectivity index (χ3v) is 3.16. The zero-order chi connectivity index (χ0) is 18.2. The average Bonchev–Trinajstić information content (AvgIpc) is 2.58. The topological polar surface area (TPSA) is 56.8 Å². The van der Waals surface area contributed by atoms with Crippen LogP contribution < -0.4 is 19.5 Å². The normalized spacial score (nSPS) is 10.4. The van der Waals surface area contributed by atoms with E-state index in [0.717, 1.165) is 0 Å². The summed E-state index contributed by atoms with van der Waals surface area (Å²) in [4.78, 5) is 12.4. The van der Waals surface area contributed by atoms with Crippen LogP contribution >= 0.6 is 0 Å². The standard InChI is InChI=1S/C18H19F2NO4/c1-3-23-15-10-9-12(11-16(15)24-4-2)17(22)21-13-7-5-6-8-14(13)25-18(19)20/h5-11,18H,3-4H2,1-2H3,(H,21,22). The summed E-state index contributed by atoms with van der Waals surface area (Å²) in [5.74, 6) is 0.382. The quantitative estimate of drug-likeness (QED) is 0.769. The molecule has 1 N–H and O–H groups in total. The first-order chi connectivity index (χ1) is 12.0. The smallest absolute Gasteiger partial charge is 0.387 e. The van der Waals surface area contributed by atoms with Crippen LogP contribution in [0, 0.1) is 0 Å². The number of benzene rings is 2. The molecule has 0 bridgehead atoms. The molecule has 2 aromatic rings. The maximum atomic E-state index is 12.5. The van der Waals surface area contributed by atoms with E-state index in [1.54, 1.807) is 24.3 Å². The van der Waals surface area contributed by atoms with E-state index in [1.807, 2.05) is 13.8 Å². The highest BCUT2D eigenvalue weighted by atomic mass is 19.3. The number of hydrogen-bond donors (Lipinski definition) is 1. The van der Waals surface area contributed by atoms with Crippen molar-refractivity contribution >= 4 is 11.6 Å². The molecule has 1 amide bonds. The van der Waals surface area contributed by atoms with Gasteiger partial charge in [0.2, 0.25) is 0 Å². The minimum Gasteiger partial charge on any atom is -0.490 e. The van der Waals surface area contributed by atoms with Crippen LogP contribution in [0.15, 0.2) is 42.5 Å². The van der Waals surface area contributed by atoms with Gasteiger partial charge in [-0.2, -0.15) is 8.78 Å². The number of halogens is 2. The largest absolute Gasteiger partial charge is 0.490 e. The Morgan fingerprint density at radius 1 is 1.00 bits per heavy atom. The molecule has 5 nitrogen and oxygen atoms in total. The molecule has 0 heterocycles. The van der Waals surface area contributed by atoms with Crippen LogP contribution in [0.5, 0.6) is 17.2 Å². The molecule has 0 spiro atoms. The van der Waals surface area contributed by atoms with Gasteiger partial charge in [0.1, 0.15) is 5.75 Å². The van der Waals surface area contributed by atoms with E-state index in [2.05, 4.69) is 10.1 Å². The molecule has 0 saturated heterocycles. The Balaban J connectivity index is 2.22. The Morgan fingerprint density at radius 3 is 2.36 bits per heavy atom. The van der Waals surface area contributed by atoms with Crippen LogP contribution in [0.3, 0.4) is 0 Å². The number of alkyl halides is 2. The number of amides is 1. The Kier molecular flexibility index (Phi) is 6.56. The average molecular weight is 351 g/mol. The van der Waals surface area contributed by atoms with Crippen LogP contribution in [-0.4, -0.2) is 25.7 Å². The van der Waals surface area contributed by atoms with E-state index in [4.69, 9.17) is 9.47 Å². The maximum absolute atomic E-state index is 12.5. The van der Waals surface area contributed by atoms with Crippen LogP contribution in [0.4, 0.5) is 14.5 Å². The third kappa shape index (κ3) is 5.07. The lowest BCUT2D eigenvalue weighted by Crippen LogP contribution is -2.14. The van der Waals surface area contributed by atoms with Gasteiger partial charge >= 0.3 is 6.61 Å². The van der Waals surface area contributed by atoms with E-state index in [-0.39, 0.29) is 11.4 Å². The van der Waals surface area contributed by atoms with Crippen molar-refractivity contribution in [1.82, 2.24) is 0 Å². The first-order valence-electron chi connectivity index (χ1n) is 7.80. The molecule has 134 valence electrons. The van der Waals surface area contributed by atoms with E-state index in [9.17, 15) is 13.6 Å². The fraction of sp³-hybridized carbons (Fsp3) is 0.278. The van der Waals surface area contributed by atoms with Gasteiger partial charge in [-0.1, -0.05) is 12.1 Å². The van der Waals surface area contributed by atoms with Crippen molar-refractivity contribution in [3.8, 4) is 17.2 Å². The number of anilines is 1. The molecule has 0 radical (unpaired) electrons. The molecular weight excluding hydrogens is 332 g/mol. The molecule has 2 rings (SSSR count). The van der Waals surface area contributed by atoms with E-state index in [0.29, 0.717) is 30.3 Å². The summed E-state index contributed by atoms with van der Waals surface area (Å²) >= 11 is 0. The van der Waals surface area contributed by atoms with Crippen LogP contribution in [0.1, 0.15) is 24.2 Å². The van der Waals surface area contributed by atoms with E-state index >= 15 is 0 Å². The van der Waals surface area contributed by atoms with Gasteiger partial charge in [0.05, 0.1) is 18.9 Å². The lowest BCUT2D eigenvalue weighted by molar-refractivity contribution is -0.0493. The predicted octanol–water partition coefficient (Wildman–Crippen LogP) is 4.34. The highest BCUT2D eigenvalue weighted by Gasteiger charge is 2.15. The maximum Gasteiger partial charge on any atom is 0.387 e. The van der Waals surface area contributed by atoms with E-state index < -0.39 is 12.5 Å². The molecule has 0 aromatic heterocycles. The second-order valence-corrected chi connectivity index (χ2v) is 4.86. The summed E-state index contributed by atoms with van der Waals surface area (Å²) in [6.07, 6.45) is 0. The molecule has 0 aliphatic carbocycles. The summed E-state index contributed by atoms with van der Waals surface area (Å²) in [6, 6.07) is 10.7. The number of ether oxygens (including phenoxy) is 3. The predicted molar refractivity (Wildman–Crippen MR) is 89.8 cm³/mol. The molecule has 0 fully saturated rings. The lowest BCUT2D eigenvalue weighted by Gasteiger charge is -2.14. The monoisotopic (exact) mass is 351 g/mol. The molecule has 0 aliphatic rings. The molecule has 0 atom stereocenters. The Morgan fingerprint density at radius 2 is 1.68 bits per heavy atom. The second-order valence-electron chi connectivity index (χ2n) is 4.86. The van der Waals surface area contributed by atoms with Crippen molar-refractivity contribution in [2.45, 2.75) is 20.5 Å². The highest BCUT2D eigenvalue weighted by molar-refractivity contribution is 6.05. The van der Waals surface area contributed by atoms with Crippen LogP contribution in [0.25, 0.3) is 0 Å². The molecular formula is C18H19F2NO4. The zero-order valence-corrected chi connectivity index (χ0v) is 13.9.